The number of nitrogens with zero attached hydrogens (tertiary/aromatic N) is 4. The van der Waals surface area contributed by atoms with Gasteiger partial charge in [0.15, 0.2) is 5.65 Å². The molecule has 0 saturated heterocycles. The number of hydrogen-bond donors (Lipinski definition) is 1. The number of imidazole rings is 1. The van der Waals surface area contributed by atoms with Crippen molar-refractivity contribution in [1.82, 2.24) is 19.5 Å². The van der Waals surface area contributed by atoms with E-state index in [2.05, 4.69) is 15.0 Å². The SMILES string of the molecule is CCn1cnc2c(C)nc(N)nc21. The van der Waals surface area contributed by atoms with Gasteiger partial charge in [-0.25, -0.2) is 9.97 Å². The molecule has 0 aliphatic heterocycles. The van der Waals surface area contributed by atoms with Gasteiger partial charge in [0.05, 0.1) is 12.0 Å². The van der Waals surface area contributed by atoms with E-state index in [0.717, 1.165) is 23.4 Å². The summed E-state index contributed by atoms with van der Waals surface area (Å²) < 4.78 is 1.94. The summed E-state index contributed by atoms with van der Waals surface area (Å²) in [6.07, 6.45) is 1.76. The minimum atomic E-state index is 0.306. The zero-order chi connectivity index (χ0) is 9.42. The molecule has 2 aromatic rings. The number of hydrogen-bond acceptors (Lipinski definition) is 4. The highest BCUT2D eigenvalue weighted by atomic mass is 15.1. The molecular weight excluding hydrogens is 166 g/mol. The Morgan fingerprint density at radius 3 is 2.92 bits per heavy atom. The largest absolute Gasteiger partial charge is 0.368 e. The lowest BCUT2D eigenvalue weighted by molar-refractivity contribution is 0.777. The molecule has 0 radical (unpaired) electrons. The van der Waals surface area contributed by atoms with E-state index in [1.807, 2.05) is 18.4 Å². The van der Waals surface area contributed by atoms with Crippen LogP contribution in [-0.2, 0) is 6.54 Å². The van der Waals surface area contributed by atoms with Gasteiger partial charge < -0.3 is 10.3 Å². The second kappa shape index (κ2) is 2.69. The summed E-state index contributed by atoms with van der Waals surface area (Å²) in [6.45, 7) is 4.76. The Morgan fingerprint density at radius 2 is 2.23 bits per heavy atom. The Labute approximate surface area is 75.6 Å². The summed E-state index contributed by atoms with van der Waals surface area (Å²) in [4.78, 5) is 12.4. The van der Waals surface area contributed by atoms with Crippen LogP contribution in [0.2, 0.25) is 0 Å². The van der Waals surface area contributed by atoms with Crippen LogP contribution in [0.5, 0.6) is 0 Å². The quantitative estimate of drug-likeness (QED) is 0.697. The van der Waals surface area contributed by atoms with E-state index in [1.54, 1.807) is 6.33 Å². The third-order valence-corrected chi connectivity index (χ3v) is 2.00. The molecule has 13 heavy (non-hydrogen) atoms. The fourth-order valence-corrected chi connectivity index (χ4v) is 1.34. The third kappa shape index (κ3) is 1.12. The van der Waals surface area contributed by atoms with Gasteiger partial charge in [-0.15, -0.1) is 0 Å². The smallest absolute Gasteiger partial charge is 0.222 e. The monoisotopic (exact) mass is 177 g/mol. The first-order valence-corrected chi connectivity index (χ1v) is 4.17. The Morgan fingerprint density at radius 1 is 1.46 bits per heavy atom. The predicted octanol–water partition coefficient (Wildman–Crippen LogP) is 0.737. The predicted molar refractivity (Wildman–Crippen MR) is 50.1 cm³/mol. The summed E-state index contributed by atoms with van der Waals surface area (Å²) in [7, 11) is 0. The van der Waals surface area contributed by atoms with Crippen molar-refractivity contribution >= 4 is 17.1 Å². The first-order valence-electron chi connectivity index (χ1n) is 4.17. The molecule has 5 nitrogen and oxygen atoms in total. The van der Waals surface area contributed by atoms with Gasteiger partial charge in [-0.3, -0.25) is 0 Å². The molecule has 2 N–H and O–H groups in total. The number of nitrogen functional groups attached to an aromatic ring is 1. The first-order chi connectivity index (χ1) is 6.22. The van der Waals surface area contributed by atoms with Gasteiger partial charge in [-0.1, -0.05) is 0 Å². The molecule has 0 atom stereocenters. The number of anilines is 1. The lowest BCUT2D eigenvalue weighted by atomic mass is 10.4. The molecule has 0 bridgehead atoms. The van der Waals surface area contributed by atoms with Gasteiger partial charge in [-0.2, -0.15) is 4.98 Å². The molecule has 0 amide bonds. The normalized spacial score (nSPS) is 10.9. The summed E-state index contributed by atoms with van der Waals surface area (Å²) in [5.74, 6) is 0.306. The molecule has 2 rings (SSSR count). The van der Waals surface area contributed by atoms with Crippen molar-refractivity contribution in [2.45, 2.75) is 20.4 Å². The van der Waals surface area contributed by atoms with Crippen LogP contribution in [0.3, 0.4) is 0 Å². The molecule has 2 aromatic heterocycles. The van der Waals surface area contributed by atoms with Crippen LogP contribution in [0.15, 0.2) is 6.33 Å². The molecule has 0 aliphatic carbocycles. The van der Waals surface area contributed by atoms with Crippen LogP contribution in [0.4, 0.5) is 5.95 Å². The minimum absolute atomic E-state index is 0.306. The van der Waals surface area contributed by atoms with Gasteiger partial charge in [0.25, 0.3) is 0 Å². The fourth-order valence-electron chi connectivity index (χ4n) is 1.34. The summed E-state index contributed by atoms with van der Waals surface area (Å²) >= 11 is 0. The van der Waals surface area contributed by atoms with Gasteiger partial charge in [0.1, 0.15) is 5.52 Å². The van der Waals surface area contributed by atoms with Crippen LogP contribution in [0, 0.1) is 6.92 Å². The van der Waals surface area contributed by atoms with Crippen molar-refractivity contribution in [3.05, 3.63) is 12.0 Å². The maximum absolute atomic E-state index is 5.54. The Hall–Kier alpha value is -1.65. The molecule has 0 unspecified atom stereocenters. The highest BCUT2D eigenvalue weighted by Gasteiger charge is 2.07. The van der Waals surface area contributed by atoms with Gasteiger partial charge in [0.2, 0.25) is 5.95 Å². The number of rotatable bonds is 1. The van der Waals surface area contributed by atoms with Crippen LogP contribution < -0.4 is 5.73 Å². The van der Waals surface area contributed by atoms with Crippen molar-refractivity contribution in [3.63, 3.8) is 0 Å². The second-order valence-corrected chi connectivity index (χ2v) is 2.87. The van der Waals surface area contributed by atoms with E-state index >= 15 is 0 Å². The maximum Gasteiger partial charge on any atom is 0.222 e. The van der Waals surface area contributed by atoms with Crippen molar-refractivity contribution < 1.29 is 0 Å². The average Bonchev–Trinajstić information content (AvgIpc) is 2.47. The van der Waals surface area contributed by atoms with Crippen LogP contribution in [0.1, 0.15) is 12.6 Å². The summed E-state index contributed by atoms with van der Waals surface area (Å²) in [5, 5.41) is 0. The minimum Gasteiger partial charge on any atom is -0.368 e. The molecule has 0 spiro atoms. The molecular formula is C8H11N5. The first kappa shape index (κ1) is 7.97. The fraction of sp³-hybridized carbons (Fsp3) is 0.375. The maximum atomic E-state index is 5.54. The van der Waals surface area contributed by atoms with Crippen LogP contribution in [0.25, 0.3) is 11.2 Å². The topological polar surface area (TPSA) is 69.6 Å². The number of fused-ring (bicyclic) bond motifs is 1. The molecule has 68 valence electrons. The molecule has 5 heteroatoms. The summed E-state index contributed by atoms with van der Waals surface area (Å²) in [6, 6.07) is 0. The Bertz CT molecular complexity index is 445. The van der Waals surface area contributed by atoms with Crippen LogP contribution in [-0.4, -0.2) is 19.5 Å². The lowest BCUT2D eigenvalue weighted by Gasteiger charge is -1.99. The standard InChI is InChI=1S/C8H11N5/c1-3-13-4-10-6-5(2)11-8(9)12-7(6)13/h4H,3H2,1-2H3,(H2,9,11,12). The van der Waals surface area contributed by atoms with Gasteiger partial charge in [0, 0.05) is 6.54 Å². The zero-order valence-corrected chi connectivity index (χ0v) is 7.65. The number of nitrogens with two attached hydrogens (primary N) is 1. The molecule has 2 heterocycles. The average molecular weight is 177 g/mol. The molecule has 0 aliphatic rings. The van der Waals surface area contributed by atoms with E-state index in [0.29, 0.717) is 5.95 Å². The second-order valence-electron chi connectivity index (χ2n) is 2.87. The van der Waals surface area contributed by atoms with E-state index in [1.165, 1.54) is 0 Å². The van der Waals surface area contributed by atoms with Crippen molar-refractivity contribution in [1.29, 1.82) is 0 Å². The Balaban J connectivity index is 2.82. The van der Waals surface area contributed by atoms with Crippen molar-refractivity contribution in [2.75, 3.05) is 5.73 Å². The third-order valence-electron chi connectivity index (χ3n) is 2.00. The number of aromatic nitrogens is 4. The molecule has 0 fully saturated rings. The van der Waals surface area contributed by atoms with E-state index < -0.39 is 0 Å². The van der Waals surface area contributed by atoms with E-state index in [9.17, 15) is 0 Å². The highest BCUT2D eigenvalue weighted by molar-refractivity contribution is 5.74. The lowest BCUT2D eigenvalue weighted by Crippen LogP contribution is -2.00. The molecule has 0 aromatic carbocycles. The number of aryl methyl sites for hydroxylation is 2. The van der Waals surface area contributed by atoms with Crippen LogP contribution >= 0.6 is 0 Å². The zero-order valence-electron chi connectivity index (χ0n) is 7.65. The van der Waals surface area contributed by atoms with Gasteiger partial charge >= 0.3 is 0 Å². The summed E-state index contributed by atoms with van der Waals surface area (Å²) in [5.41, 5.74) is 8.01. The van der Waals surface area contributed by atoms with Gasteiger partial charge in [-0.05, 0) is 13.8 Å². The molecule has 0 saturated carbocycles. The van der Waals surface area contributed by atoms with E-state index in [4.69, 9.17) is 5.73 Å². The highest BCUT2D eigenvalue weighted by Crippen LogP contribution is 2.13. The Kier molecular flexibility index (Phi) is 1.65. The van der Waals surface area contributed by atoms with Crippen molar-refractivity contribution in [2.24, 2.45) is 0 Å². The van der Waals surface area contributed by atoms with Crippen molar-refractivity contribution in [3.8, 4) is 0 Å². The van der Waals surface area contributed by atoms with E-state index in [-0.39, 0.29) is 0 Å².